The van der Waals surface area contributed by atoms with Crippen molar-refractivity contribution >= 4 is 17.1 Å². The molecule has 3 aromatic rings. The maximum atomic E-state index is 13.0. The van der Waals surface area contributed by atoms with E-state index in [1.807, 2.05) is 30.3 Å². The number of imidazole rings is 1. The number of rotatable bonds is 5. The maximum absolute atomic E-state index is 13.0. The van der Waals surface area contributed by atoms with Crippen LogP contribution in [0.2, 0.25) is 0 Å². The van der Waals surface area contributed by atoms with Gasteiger partial charge in [-0.1, -0.05) is 30.4 Å². The second-order valence-electron chi connectivity index (χ2n) is 7.36. The normalized spacial score (nSPS) is 16.5. The summed E-state index contributed by atoms with van der Waals surface area (Å²) in [6.45, 7) is 3.13. The molecule has 0 aliphatic carbocycles. The molecule has 0 spiro atoms. The number of likely N-dealkylation sites (tertiary alicyclic amines) is 1. The van der Waals surface area contributed by atoms with E-state index >= 15 is 0 Å². The average Bonchev–Trinajstić information content (AvgIpc) is 3.04. The summed E-state index contributed by atoms with van der Waals surface area (Å²) in [6, 6.07) is 12.8. The number of benzene rings is 2. The molecule has 1 aromatic heterocycles. The highest BCUT2D eigenvalue weighted by molar-refractivity contribution is 5.77. The minimum absolute atomic E-state index is 0.164. The maximum Gasteiger partial charge on any atom is 0.323 e. The molecule has 0 unspecified atom stereocenters. The van der Waals surface area contributed by atoms with E-state index in [4.69, 9.17) is 0 Å². The molecule has 0 saturated carbocycles. The van der Waals surface area contributed by atoms with Crippen LogP contribution in [-0.4, -0.2) is 34.5 Å². The van der Waals surface area contributed by atoms with Gasteiger partial charge in [-0.05, 0) is 73.7 Å². The molecule has 27 heavy (non-hydrogen) atoms. The smallest absolute Gasteiger partial charge is 0.306 e. The highest BCUT2D eigenvalue weighted by Gasteiger charge is 2.18. The van der Waals surface area contributed by atoms with Crippen LogP contribution >= 0.6 is 0 Å². The van der Waals surface area contributed by atoms with Gasteiger partial charge in [0.2, 0.25) is 0 Å². The third kappa shape index (κ3) is 4.55. The largest absolute Gasteiger partial charge is 0.323 e. The van der Waals surface area contributed by atoms with E-state index in [1.54, 1.807) is 12.1 Å². The molecule has 2 aromatic carbocycles. The first-order valence-corrected chi connectivity index (χ1v) is 9.51. The van der Waals surface area contributed by atoms with Gasteiger partial charge in [-0.15, -0.1) is 0 Å². The van der Waals surface area contributed by atoms with Gasteiger partial charge in [0, 0.05) is 6.54 Å². The molecule has 140 valence electrons. The van der Waals surface area contributed by atoms with Crippen LogP contribution in [0.25, 0.3) is 17.1 Å². The zero-order chi connectivity index (χ0) is 18.6. The van der Waals surface area contributed by atoms with Gasteiger partial charge in [-0.2, -0.15) is 0 Å². The SMILES string of the molecule is O=c1[nH]c2ccc(/C=C\CN3CCC(Cc4ccc(F)cc4)CC3)cc2[nH]1. The summed E-state index contributed by atoms with van der Waals surface area (Å²) in [5, 5.41) is 0. The van der Waals surface area contributed by atoms with Crippen LogP contribution < -0.4 is 5.69 Å². The Balaban J connectivity index is 1.26. The van der Waals surface area contributed by atoms with Crippen LogP contribution in [0, 0.1) is 11.7 Å². The van der Waals surface area contributed by atoms with Crippen LogP contribution in [0.15, 0.2) is 53.3 Å². The molecule has 1 aliphatic rings. The third-order valence-electron chi connectivity index (χ3n) is 5.36. The summed E-state index contributed by atoms with van der Waals surface area (Å²) < 4.78 is 13.0. The molecule has 2 heterocycles. The van der Waals surface area contributed by atoms with E-state index in [2.05, 4.69) is 27.0 Å². The summed E-state index contributed by atoms with van der Waals surface area (Å²) >= 11 is 0. The fourth-order valence-electron chi connectivity index (χ4n) is 3.82. The highest BCUT2D eigenvalue weighted by Crippen LogP contribution is 2.22. The second-order valence-corrected chi connectivity index (χ2v) is 7.36. The number of nitrogens with zero attached hydrogens (tertiary/aromatic N) is 1. The number of piperidine rings is 1. The average molecular weight is 365 g/mol. The minimum atomic E-state index is -0.172. The Morgan fingerprint density at radius 3 is 2.56 bits per heavy atom. The van der Waals surface area contributed by atoms with E-state index in [0.29, 0.717) is 5.92 Å². The van der Waals surface area contributed by atoms with Crippen LogP contribution in [0.5, 0.6) is 0 Å². The summed E-state index contributed by atoms with van der Waals surface area (Å²) in [5.74, 6) is 0.519. The number of hydrogen-bond acceptors (Lipinski definition) is 2. The Morgan fingerprint density at radius 1 is 1.04 bits per heavy atom. The summed E-state index contributed by atoms with van der Waals surface area (Å²) in [6.07, 6.45) is 7.70. The predicted molar refractivity (Wildman–Crippen MR) is 107 cm³/mol. The molecule has 0 radical (unpaired) electrons. The molecule has 4 nitrogen and oxygen atoms in total. The van der Waals surface area contributed by atoms with Gasteiger partial charge in [-0.25, -0.2) is 9.18 Å². The molecule has 4 rings (SSSR count). The van der Waals surface area contributed by atoms with Crippen molar-refractivity contribution in [2.75, 3.05) is 19.6 Å². The first-order chi connectivity index (χ1) is 13.2. The molecule has 0 amide bonds. The van der Waals surface area contributed by atoms with Crippen molar-refractivity contribution in [3.05, 3.63) is 76.0 Å². The fourth-order valence-corrected chi connectivity index (χ4v) is 3.82. The summed E-state index contributed by atoms with van der Waals surface area (Å²) in [7, 11) is 0. The molecule has 5 heteroatoms. The van der Waals surface area contributed by atoms with Gasteiger partial charge in [0.15, 0.2) is 0 Å². The van der Waals surface area contributed by atoms with E-state index in [0.717, 1.165) is 42.7 Å². The van der Waals surface area contributed by atoms with Crippen molar-refractivity contribution < 1.29 is 4.39 Å². The van der Waals surface area contributed by atoms with Gasteiger partial charge in [-0.3, -0.25) is 4.90 Å². The van der Waals surface area contributed by atoms with Crippen LogP contribution in [0.4, 0.5) is 4.39 Å². The summed E-state index contributed by atoms with van der Waals surface area (Å²) in [5.41, 5.74) is 3.82. The van der Waals surface area contributed by atoms with Gasteiger partial charge in [0.05, 0.1) is 11.0 Å². The van der Waals surface area contributed by atoms with Crippen molar-refractivity contribution in [1.82, 2.24) is 14.9 Å². The van der Waals surface area contributed by atoms with Crippen molar-refractivity contribution in [1.29, 1.82) is 0 Å². The van der Waals surface area contributed by atoms with Gasteiger partial charge in [0.1, 0.15) is 5.82 Å². The van der Waals surface area contributed by atoms with Crippen LogP contribution in [0.3, 0.4) is 0 Å². The van der Waals surface area contributed by atoms with E-state index in [1.165, 1.54) is 18.4 Å². The number of aromatic nitrogens is 2. The topological polar surface area (TPSA) is 51.9 Å². The first kappa shape index (κ1) is 17.7. The second kappa shape index (κ2) is 7.92. The molecule has 1 fully saturated rings. The first-order valence-electron chi connectivity index (χ1n) is 9.51. The van der Waals surface area contributed by atoms with Gasteiger partial charge >= 0.3 is 5.69 Å². The number of nitrogens with one attached hydrogen (secondary N) is 2. The fraction of sp³-hybridized carbons (Fsp3) is 0.318. The molecule has 0 atom stereocenters. The Kier molecular flexibility index (Phi) is 5.21. The third-order valence-corrected chi connectivity index (χ3v) is 5.36. The van der Waals surface area contributed by atoms with E-state index in [-0.39, 0.29) is 11.5 Å². The lowest BCUT2D eigenvalue weighted by Gasteiger charge is -2.31. The Bertz CT molecular complexity index is 979. The Labute approximate surface area is 157 Å². The molecule has 0 bridgehead atoms. The lowest BCUT2D eigenvalue weighted by Crippen LogP contribution is -2.34. The van der Waals surface area contributed by atoms with Gasteiger partial charge < -0.3 is 9.97 Å². The monoisotopic (exact) mass is 365 g/mol. The molecular weight excluding hydrogens is 341 g/mol. The van der Waals surface area contributed by atoms with E-state index in [9.17, 15) is 9.18 Å². The lowest BCUT2D eigenvalue weighted by atomic mass is 9.90. The zero-order valence-corrected chi connectivity index (χ0v) is 15.2. The number of aromatic amines is 2. The standard InChI is InChI=1S/C22H24FN3O/c23-19-6-3-17(4-7-19)14-18-9-12-26(13-10-18)11-1-2-16-5-8-20-21(15-16)25-22(27)24-20/h1-8,15,18H,9-14H2,(H2,24,25,27)/b2-1-. The molecule has 2 N–H and O–H groups in total. The van der Waals surface area contributed by atoms with Gasteiger partial charge in [0.25, 0.3) is 0 Å². The Hall–Kier alpha value is -2.66. The zero-order valence-electron chi connectivity index (χ0n) is 15.2. The number of halogens is 1. The van der Waals surface area contributed by atoms with Crippen molar-refractivity contribution in [3.63, 3.8) is 0 Å². The highest BCUT2D eigenvalue weighted by atomic mass is 19.1. The summed E-state index contributed by atoms with van der Waals surface area (Å²) in [4.78, 5) is 19.3. The van der Waals surface area contributed by atoms with Crippen molar-refractivity contribution in [3.8, 4) is 0 Å². The van der Waals surface area contributed by atoms with Crippen molar-refractivity contribution in [2.24, 2.45) is 5.92 Å². The number of fused-ring (bicyclic) bond motifs is 1. The molecule has 1 saturated heterocycles. The number of hydrogen-bond donors (Lipinski definition) is 2. The van der Waals surface area contributed by atoms with Crippen LogP contribution in [-0.2, 0) is 6.42 Å². The molecule has 1 aliphatic heterocycles. The van der Waals surface area contributed by atoms with Crippen LogP contribution in [0.1, 0.15) is 24.0 Å². The minimum Gasteiger partial charge on any atom is -0.306 e. The lowest BCUT2D eigenvalue weighted by molar-refractivity contribution is 0.200. The van der Waals surface area contributed by atoms with E-state index < -0.39 is 0 Å². The van der Waals surface area contributed by atoms with Crippen molar-refractivity contribution in [2.45, 2.75) is 19.3 Å². The predicted octanol–water partition coefficient (Wildman–Crippen LogP) is 3.96. The molecular formula is C22H24FN3O. The quantitative estimate of drug-likeness (QED) is 0.719. The Morgan fingerprint density at radius 2 is 1.78 bits per heavy atom. The number of H-pyrrole nitrogens is 2.